The van der Waals surface area contributed by atoms with Gasteiger partial charge in [-0.15, -0.1) is 0 Å². The molecule has 14 heteroatoms. The maximum Gasteiger partial charge on any atom is 0.451 e. The zero-order valence-electron chi connectivity index (χ0n) is 16.6. The Morgan fingerprint density at radius 3 is 2.38 bits per heavy atom. The van der Waals surface area contributed by atoms with Crippen LogP contribution >= 0.6 is 0 Å². The Kier molecular flexibility index (Phi) is 7.31. The van der Waals surface area contributed by atoms with Gasteiger partial charge in [0, 0.05) is 39.1 Å². The molecule has 0 saturated carbocycles. The molecule has 2 heterocycles. The summed E-state index contributed by atoms with van der Waals surface area (Å²) in [6, 6.07) is -1.09. The van der Waals surface area contributed by atoms with E-state index in [1.54, 1.807) is 6.92 Å². The number of amides is 1. The summed E-state index contributed by atoms with van der Waals surface area (Å²) >= 11 is 0. The molecule has 3 atom stereocenters. The summed E-state index contributed by atoms with van der Waals surface area (Å²) in [5, 5.41) is 27.5. The lowest BCUT2D eigenvalue weighted by Crippen LogP contribution is -2.64. The molecule has 0 aromatic rings. The predicted octanol–water partition coefficient (Wildman–Crippen LogP) is -3.31. The number of rotatable bonds is 9. The van der Waals surface area contributed by atoms with Crippen molar-refractivity contribution < 1.29 is 33.2 Å². The molecule has 0 aliphatic carbocycles. The highest BCUT2D eigenvalue weighted by atomic mass is 32.2. The van der Waals surface area contributed by atoms with Crippen molar-refractivity contribution in [2.75, 3.05) is 33.2 Å². The Labute approximate surface area is 170 Å². The number of likely N-dealkylation sites (tertiary alicyclic amines) is 1. The van der Waals surface area contributed by atoms with Gasteiger partial charge in [0.25, 0.3) is 10.2 Å². The second-order valence-electron chi connectivity index (χ2n) is 7.96. The number of carbonyl (C=O) groups is 2. The molecule has 0 unspecified atom stereocenters. The van der Waals surface area contributed by atoms with Crippen molar-refractivity contribution in [2.45, 2.75) is 43.7 Å². The highest BCUT2D eigenvalue weighted by Crippen LogP contribution is 2.33. The fourth-order valence-electron chi connectivity index (χ4n) is 3.73. The second kappa shape index (κ2) is 8.84. The maximum absolute atomic E-state index is 13.0. The standard InChI is InChI=1S/C15H30BN5O7S/c1-10(17)13(22)20-7-12(8-20)19(2)29(27,28)21-6-11(4-3-5-16(25)26)15(18,9-21)14(23)24/h10-12,25-26H,3-9,17-18H2,1-2H3,(H,23,24)/t10-,11-,15-/m0/s1. The third-order valence-corrected chi connectivity index (χ3v) is 7.73. The van der Waals surface area contributed by atoms with Gasteiger partial charge >= 0.3 is 13.1 Å². The van der Waals surface area contributed by atoms with E-state index in [1.165, 1.54) is 11.9 Å². The second-order valence-corrected chi connectivity index (χ2v) is 9.94. The van der Waals surface area contributed by atoms with Crippen LogP contribution < -0.4 is 11.5 Å². The van der Waals surface area contributed by atoms with Gasteiger partial charge in [-0.1, -0.05) is 6.42 Å². The first-order chi connectivity index (χ1) is 13.3. The van der Waals surface area contributed by atoms with Crippen molar-refractivity contribution in [3.05, 3.63) is 0 Å². The first kappa shape index (κ1) is 24.0. The van der Waals surface area contributed by atoms with Gasteiger partial charge in [0.15, 0.2) is 0 Å². The van der Waals surface area contributed by atoms with Crippen molar-refractivity contribution in [3.8, 4) is 0 Å². The fraction of sp³-hybridized carbons (Fsp3) is 0.867. The number of likely N-dealkylation sites (N-methyl/N-ethyl adjacent to an activating group) is 1. The molecule has 166 valence electrons. The Morgan fingerprint density at radius 2 is 1.90 bits per heavy atom. The Bertz CT molecular complexity index is 731. The quantitative estimate of drug-likeness (QED) is 0.231. The first-order valence-electron chi connectivity index (χ1n) is 9.46. The molecular formula is C15H30BN5O7S. The van der Waals surface area contributed by atoms with Gasteiger partial charge in [-0.25, -0.2) is 0 Å². The SMILES string of the molecule is C[C@H](N)C(=O)N1CC(N(C)S(=O)(=O)N2C[C@H](CCCB(O)O)[C@](N)(C(=O)O)C2)C1. The third-order valence-electron chi connectivity index (χ3n) is 5.77. The van der Waals surface area contributed by atoms with Crippen molar-refractivity contribution in [3.63, 3.8) is 0 Å². The molecular weight excluding hydrogens is 405 g/mol. The van der Waals surface area contributed by atoms with Gasteiger partial charge in [-0.3, -0.25) is 9.59 Å². The summed E-state index contributed by atoms with van der Waals surface area (Å²) in [7, 11) is -4.11. The van der Waals surface area contributed by atoms with Gasteiger partial charge in [0.2, 0.25) is 5.91 Å². The van der Waals surface area contributed by atoms with Crippen LogP contribution in [0, 0.1) is 5.92 Å². The van der Waals surface area contributed by atoms with Gasteiger partial charge in [-0.05, 0) is 19.7 Å². The molecule has 0 spiro atoms. The lowest BCUT2D eigenvalue weighted by Gasteiger charge is -2.44. The van der Waals surface area contributed by atoms with E-state index in [0.717, 1.165) is 8.61 Å². The molecule has 12 nitrogen and oxygen atoms in total. The van der Waals surface area contributed by atoms with Crippen molar-refractivity contribution >= 4 is 29.2 Å². The fourth-order valence-corrected chi connectivity index (χ4v) is 5.35. The molecule has 2 aliphatic heterocycles. The van der Waals surface area contributed by atoms with E-state index in [9.17, 15) is 23.1 Å². The highest BCUT2D eigenvalue weighted by Gasteiger charge is 2.54. The molecule has 7 N–H and O–H groups in total. The number of carboxylic acids is 1. The Balaban J connectivity index is 2.06. The molecule has 29 heavy (non-hydrogen) atoms. The van der Waals surface area contributed by atoms with E-state index in [2.05, 4.69) is 0 Å². The lowest BCUT2D eigenvalue weighted by atomic mass is 9.78. The van der Waals surface area contributed by atoms with E-state index in [0.29, 0.717) is 6.42 Å². The molecule has 0 radical (unpaired) electrons. The number of carbonyl (C=O) groups excluding carboxylic acids is 1. The Hall–Kier alpha value is -1.29. The maximum atomic E-state index is 13.0. The van der Waals surface area contributed by atoms with E-state index in [-0.39, 0.29) is 44.8 Å². The molecule has 2 rings (SSSR count). The summed E-state index contributed by atoms with van der Waals surface area (Å²) in [5.74, 6) is -2.23. The van der Waals surface area contributed by atoms with Crippen LogP contribution in [0.1, 0.15) is 19.8 Å². The Morgan fingerprint density at radius 1 is 1.31 bits per heavy atom. The highest BCUT2D eigenvalue weighted by molar-refractivity contribution is 7.86. The zero-order valence-corrected chi connectivity index (χ0v) is 17.5. The van der Waals surface area contributed by atoms with E-state index in [1.807, 2.05) is 0 Å². The third kappa shape index (κ3) is 4.90. The van der Waals surface area contributed by atoms with Crippen LogP contribution in [0.15, 0.2) is 0 Å². The normalized spacial score (nSPS) is 27.1. The van der Waals surface area contributed by atoms with E-state index in [4.69, 9.17) is 21.5 Å². The van der Waals surface area contributed by atoms with Gasteiger partial charge < -0.3 is 31.5 Å². The molecule has 1 amide bonds. The number of nitrogens with zero attached hydrogens (tertiary/aromatic N) is 3. The number of hydrogen-bond donors (Lipinski definition) is 5. The summed E-state index contributed by atoms with van der Waals surface area (Å²) in [5.41, 5.74) is 9.85. The van der Waals surface area contributed by atoms with Crippen molar-refractivity contribution in [1.29, 1.82) is 0 Å². The van der Waals surface area contributed by atoms with Crippen LogP contribution in [0.2, 0.25) is 6.32 Å². The smallest absolute Gasteiger partial charge is 0.451 e. The number of aliphatic carboxylic acids is 1. The average Bonchev–Trinajstić information content (AvgIpc) is 2.92. The minimum Gasteiger partial charge on any atom is -0.480 e. The predicted molar refractivity (Wildman–Crippen MR) is 105 cm³/mol. The molecule has 2 saturated heterocycles. The zero-order chi connectivity index (χ0) is 22.1. The summed E-state index contributed by atoms with van der Waals surface area (Å²) in [4.78, 5) is 25.1. The summed E-state index contributed by atoms with van der Waals surface area (Å²) in [6.07, 6.45) is 0.593. The largest absolute Gasteiger partial charge is 0.480 e. The van der Waals surface area contributed by atoms with Crippen LogP contribution in [-0.2, 0) is 19.8 Å². The van der Waals surface area contributed by atoms with Crippen LogP contribution in [0.3, 0.4) is 0 Å². The average molecular weight is 435 g/mol. The topological polar surface area (TPSA) is 191 Å². The van der Waals surface area contributed by atoms with Gasteiger partial charge in [0.05, 0.1) is 12.1 Å². The number of carboxylic acid groups (broad SMARTS) is 1. The number of hydrogen-bond acceptors (Lipinski definition) is 8. The van der Waals surface area contributed by atoms with E-state index < -0.39 is 46.8 Å². The van der Waals surface area contributed by atoms with E-state index >= 15 is 0 Å². The van der Waals surface area contributed by atoms with Crippen LogP contribution in [0.5, 0.6) is 0 Å². The van der Waals surface area contributed by atoms with Gasteiger partial charge in [-0.2, -0.15) is 17.0 Å². The minimum atomic E-state index is -3.99. The van der Waals surface area contributed by atoms with Gasteiger partial charge in [0.1, 0.15) is 5.54 Å². The molecule has 0 aromatic carbocycles. The summed E-state index contributed by atoms with van der Waals surface area (Å²) < 4.78 is 28.2. The van der Waals surface area contributed by atoms with Crippen LogP contribution in [0.25, 0.3) is 0 Å². The first-order valence-corrected chi connectivity index (χ1v) is 10.9. The van der Waals surface area contributed by atoms with Crippen molar-refractivity contribution in [1.82, 2.24) is 13.5 Å². The monoisotopic (exact) mass is 435 g/mol. The van der Waals surface area contributed by atoms with Crippen LogP contribution in [0.4, 0.5) is 0 Å². The van der Waals surface area contributed by atoms with Crippen molar-refractivity contribution in [2.24, 2.45) is 17.4 Å². The number of nitrogens with two attached hydrogens (primary N) is 2. The van der Waals surface area contributed by atoms with Crippen LogP contribution in [-0.4, -0.2) is 107 Å². The summed E-state index contributed by atoms with van der Waals surface area (Å²) in [6.45, 7) is 1.54. The molecule has 0 aromatic heterocycles. The lowest BCUT2D eigenvalue weighted by molar-refractivity contribution is -0.144. The minimum absolute atomic E-state index is 0.0460. The molecule has 2 fully saturated rings. The molecule has 2 aliphatic rings. The molecule has 0 bridgehead atoms.